The Kier molecular flexibility index (Phi) is 5.16. The third-order valence-electron chi connectivity index (χ3n) is 6.43. The summed E-state index contributed by atoms with van der Waals surface area (Å²) in [6.07, 6.45) is 2.03. The van der Waals surface area contributed by atoms with Gasteiger partial charge in [-0.1, -0.05) is 38.1 Å². The molecule has 3 aromatic rings. The van der Waals surface area contributed by atoms with Gasteiger partial charge in [-0.05, 0) is 61.0 Å². The van der Waals surface area contributed by atoms with Crippen LogP contribution in [-0.2, 0) is 0 Å². The van der Waals surface area contributed by atoms with Gasteiger partial charge in [-0.2, -0.15) is 0 Å². The SMILES string of the molecule is COc1cccc2c1O[C@@]1(C)C[C@H]2N(C(=O)c2ccco2)C(=S)N1c1ccc(C(C)C)cc1. The number of hydrogen-bond acceptors (Lipinski definition) is 5. The molecule has 0 radical (unpaired) electrons. The predicted octanol–water partition coefficient (Wildman–Crippen LogP) is 5.90. The van der Waals surface area contributed by atoms with Crippen molar-refractivity contribution in [2.24, 2.45) is 0 Å². The van der Waals surface area contributed by atoms with E-state index in [1.54, 1.807) is 24.1 Å². The van der Waals surface area contributed by atoms with Gasteiger partial charge in [0.15, 0.2) is 28.1 Å². The van der Waals surface area contributed by atoms with Crippen molar-refractivity contribution < 1.29 is 18.7 Å². The Labute approximate surface area is 198 Å². The quantitative estimate of drug-likeness (QED) is 0.450. The molecule has 0 unspecified atom stereocenters. The summed E-state index contributed by atoms with van der Waals surface area (Å²) < 4.78 is 17.7. The van der Waals surface area contributed by atoms with Crippen molar-refractivity contribution in [2.45, 2.75) is 44.9 Å². The fourth-order valence-electron chi connectivity index (χ4n) is 4.75. The van der Waals surface area contributed by atoms with Crippen LogP contribution in [0.1, 0.15) is 60.8 Å². The predicted molar refractivity (Wildman–Crippen MR) is 130 cm³/mol. The van der Waals surface area contributed by atoms with Crippen molar-refractivity contribution in [2.75, 3.05) is 12.0 Å². The molecule has 33 heavy (non-hydrogen) atoms. The lowest BCUT2D eigenvalue weighted by Crippen LogP contribution is -2.67. The highest BCUT2D eigenvalue weighted by Gasteiger charge is 2.54. The molecule has 2 aromatic carbocycles. The van der Waals surface area contributed by atoms with Gasteiger partial charge in [-0.25, -0.2) is 0 Å². The highest BCUT2D eigenvalue weighted by atomic mass is 32.1. The summed E-state index contributed by atoms with van der Waals surface area (Å²) >= 11 is 5.96. The van der Waals surface area contributed by atoms with E-state index >= 15 is 0 Å². The minimum Gasteiger partial charge on any atom is -0.493 e. The summed E-state index contributed by atoms with van der Waals surface area (Å²) in [7, 11) is 1.62. The van der Waals surface area contributed by atoms with Crippen LogP contribution < -0.4 is 14.4 Å². The lowest BCUT2D eigenvalue weighted by Gasteiger charge is -2.55. The summed E-state index contributed by atoms with van der Waals surface area (Å²) in [6, 6.07) is 17.0. The first kappa shape index (κ1) is 21.5. The Morgan fingerprint density at radius 1 is 1.15 bits per heavy atom. The maximum absolute atomic E-state index is 13.6. The summed E-state index contributed by atoms with van der Waals surface area (Å²) in [5.41, 5.74) is 2.15. The van der Waals surface area contributed by atoms with Crippen LogP contribution in [0.4, 0.5) is 5.69 Å². The molecule has 6 nitrogen and oxygen atoms in total. The van der Waals surface area contributed by atoms with E-state index < -0.39 is 5.72 Å². The van der Waals surface area contributed by atoms with Gasteiger partial charge in [0.25, 0.3) is 5.91 Å². The summed E-state index contributed by atoms with van der Waals surface area (Å²) in [4.78, 5) is 17.2. The lowest BCUT2D eigenvalue weighted by molar-refractivity contribution is 0.0152. The average Bonchev–Trinajstić information content (AvgIpc) is 3.33. The molecule has 1 fully saturated rings. The van der Waals surface area contributed by atoms with Gasteiger partial charge in [0.2, 0.25) is 0 Å². The molecule has 1 saturated heterocycles. The molecule has 0 N–H and O–H groups in total. The number of ether oxygens (including phenoxy) is 2. The number of hydrogen-bond donors (Lipinski definition) is 0. The number of amides is 1. The Balaban J connectivity index is 1.67. The minimum atomic E-state index is -0.803. The van der Waals surface area contributed by atoms with E-state index in [1.807, 2.05) is 42.2 Å². The van der Waals surface area contributed by atoms with Gasteiger partial charge >= 0.3 is 0 Å². The molecule has 2 atom stereocenters. The number of nitrogens with zero attached hydrogens (tertiary/aromatic N) is 2. The molecule has 0 saturated carbocycles. The Hall–Kier alpha value is -3.32. The number of thiocarbonyl (C=S) groups is 1. The van der Waals surface area contributed by atoms with Gasteiger partial charge in [0.1, 0.15) is 0 Å². The smallest absolute Gasteiger partial charge is 0.296 e. The first-order valence-corrected chi connectivity index (χ1v) is 11.4. The highest BCUT2D eigenvalue weighted by molar-refractivity contribution is 7.80. The standard InChI is InChI=1S/C26H26N2O4S/c1-16(2)17-10-12-18(13-11-17)28-25(33)27(24(29)22-9-6-14-31-22)20-15-26(28,3)32-23-19(20)7-5-8-21(23)30-4/h5-14,16,20H,15H2,1-4H3/t20-,26+/m1/s1. The van der Waals surface area contributed by atoms with Crippen LogP contribution in [0.25, 0.3) is 0 Å². The fourth-order valence-corrected chi connectivity index (χ4v) is 5.25. The molecule has 5 rings (SSSR count). The van der Waals surface area contributed by atoms with E-state index in [0.29, 0.717) is 29.0 Å². The molecule has 2 bridgehead atoms. The van der Waals surface area contributed by atoms with Crippen LogP contribution in [0, 0.1) is 0 Å². The van der Waals surface area contributed by atoms with Crippen molar-refractivity contribution in [3.8, 4) is 11.5 Å². The Morgan fingerprint density at radius 3 is 2.55 bits per heavy atom. The van der Waals surface area contributed by atoms with E-state index in [1.165, 1.54) is 11.8 Å². The zero-order valence-electron chi connectivity index (χ0n) is 19.1. The molecular weight excluding hydrogens is 436 g/mol. The first-order valence-electron chi connectivity index (χ1n) is 11.0. The largest absolute Gasteiger partial charge is 0.493 e. The lowest BCUT2D eigenvalue weighted by atomic mass is 9.88. The number of carbonyl (C=O) groups excluding carboxylic acids is 1. The summed E-state index contributed by atoms with van der Waals surface area (Å²) in [6.45, 7) is 6.32. The molecule has 1 aromatic heterocycles. The molecule has 0 spiro atoms. The van der Waals surface area contributed by atoms with Gasteiger partial charge in [-0.3, -0.25) is 14.6 Å². The summed E-state index contributed by atoms with van der Waals surface area (Å²) in [5, 5.41) is 0.376. The molecule has 170 valence electrons. The molecular formula is C26H26N2O4S. The monoisotopic (exact) mass is 462 g/mol. The van der Waals surface area contributed by atoms with Gasteiger partial charge < -0.3 is 13.9 Å². The van der Waals surface area contributed by atoms with Crippen LogP contribution in [0.15, 0.2) is 65.3 Å². The molecule has 0 aliphatic carbocycles. The van der Waals surface area contributed by atoms with Gasteiger partial charge in [0, 0.05) is 17.7 Å². The molecule has 7 heteroatoms. The van der Waals surface area contributed by atoms with Crippen LogP contribution in [0.3, 0.4) is 0 Å². The number of furan rings is 1. The van der Waals surface area contributed by atoms with Crippen LogP contribution in [-0.4, -0.2) is 28.8 Å². The van der Waals surface area contributed by atoms with Crippen molar-refractivity contribution in [1.29, 1.82) is 0 Å². The van der Waals surface area contributed by atoms with Crippen LogP contribution >= 0.6 is 12.2 Å². The van der Waals surface area contributed by atoms with Crippen molar-refractivity contribution in [3.05, 3.63) is 77.7 Å². The van der Waals surface area contributed by atoms with Crippen LogP contribution in [0.5, 0.6) is 11.5 Å². The molecule has 2 aliphatic heterocycles. The van der Waals surface area contributed by atoms with Crippen molar-refractivity contribution in [1.82, 2.24) is 4.90 Å². The van der Waals surface area contributed by atoms with Crippen molar-refractivity contribution in [3.63, 3.8) is 0 Å². The number of rotatable bonds is 4. The second-order valence-corrected chi connectivity index (χ2v) is 9.26. The molecule has 2 aliphatic rings. The van der Waals surface area contributed by atoms with E-state index in [4.69, 9.17) is 26.1 Å². The Morgan fingerprint density at radius 2 is 1.91 bits per heavy atom. The van der Waals surface area contributed by atoms with Crippen LogP contribution in [0.2, 0.25) is 0 Å². The van der Waals surface area contributed by atoms with E-state index in [2.05, 4.69) is 26.0 Å². The normalized spacial score (nSPS) is 21.6. The minimum absolute atomic E-state index is 0.243. The van der Waals surface area contributed by atoms with Gasteiger partial charge in [0.05, 0.1) is 19.4 Å². The average molecular weight is 463 g/mol. The summed E-state index contributed by atoms with van der Waals surface area (Å²) in [5.74, 6) is 1.62. The van der Waals surface area contributed by atoms with E-state index in [-0.39, 0.29) is 17.7 Å². The zero-order chi connectivity index (χ0) is 23.3. The molecule has 1 amide bonds. The third-order valence-corrected chi connectivity index (χ3v) is 6.81. The van der Waals surface area contributed by atoms with Crippen molar-refractivity contribution >= 4 is 28.9 Å². The Bertz CT molecular complexity index is 1210. The number of carbonyl (C=O) groups is 1. The number of anilines is 1. The first-order chi connectivity index (χ1) is 15.8. The molecule has 3 heterocycles. The fraction of sp³-hybridized carbons (Fsp3) is 0.308. The third kappa shape index (κ3) is 3.38. The van der Waals surface area contributed by atoms with E-state index in [0.717, 1.165) is 11.3 Å². The number of fused-ring (bicyclic) bond motifs is 4. The number of benzene rings is 2. The zero-order valence-corrected chi connectivity index (χ0v) is 19.9. The van der Waals surface area contributed by atoms with Gasteiger partial charge in [-0.15, -0.1) is 0 Å². The second kappa shape index (κ2) is 7.92. The number of methoxy groups -OCH3 is 1. The number of para-hydroxylation sites is 1. The second-order valence-electron chi connectivity index (χ2n) is 8.89. The maximum Gasteiger partial charge on any atom is 0.296 e. The topological polar surface area (TPSA) is 55.2 Å². The maximum atomic E-state index is 13.6. The van der Waals surface area contributed by atoms with E-state index in [9.17, 15) is 4.79 Å². The highest BCUT2D eigenvalue weighted by Crippen LogP contribution is 2.52.